The van der Waals surface area contributed by atoms with E-state index in [1.54, 1.807) is 24.4 Å². The number of carbonyl (C=O) groups excluding carboxylic acids is 1. The molecule has 1 saturated heterocycles. The quantitative estimate of drug-likeness (QED) is 0.487. The van der Waals surface area contributed by atoms with E-state index in [9.17, 15) is 4.79 Å². The number of amides is 1. The van der Waals surface area contributed by atoms with Crippen molar-refractivity contribution in [3.05, 3.63) is 75.0 Å². The molecule has 0 bridgehead atoms. The van der Waals surface area contributed by atoms with Gasteiger partial charge in [0.25, 0.3) is 5.91 Å². The lowest BCUT2D eigenvalue weighted by Crippen LogP contribution is -2.29. The molecule has 1 aliphatic heterocycles. The molecule has 2 heterocycles. The first-order chi connectivity index (χ1) is 14.4. The minimum atomic E-state index is -0.211. The molecule has 1 aliphatic rings. The highest BCUT2D eigenvalue weighted by Crippen LogP contribution is 2.31. The third-order valence-electron chi connectivity index (χ3n) is 5.63. The topological polar surface area (TPSA) is 59.0 Å². The Bertz CT molecular complexity index is 1070. The predicted molar refractivity (Wildman–Crippen MR) is 130 cm³/mol. The third kappa shape index (κ3) is 5.24. The molecule has 4 rings (SSSR count). The summed E-state index contributed by atoms with van der Waals surface area (Å²) in [6.07, 6.45) is 3.58. The van der Waals surface area contributed by atoms with E-state index in [1.807, 2.05) is 4.68 Å². The highest BCUT2D eigenvalue weighted by atomic mass is 35.5. The third-order valence-corrected chi connectivity index (χ3v) is 6.07. The van der Waals surface area contributed by atoms with Gasteiger partial charge in [-0.3, -0.25) is 4.79 Å². The second-order valence-electron chi connectivity index (χ2n) is 7.76. The fraction of sp³-hybridized carbons (Fsp3) is 0.304. The number of halogens is 3. The van der Waals surface area contributed by atoms with Gasteiger partial charge in [0.15, 0.2) is 0 Å². The SMILES string of the molecule is Cc1ccc(-n2ncc(C(=O)Nc3cc(Cl)cc(Cl)c3)c2C2CCNCC2)cc1C.Cl. The zero-order chi connectivity index (χ0) is 21.3. The molecule has 3 aromatic rings. The first kappa shape index (κ1) is 23.6. The molecule has 0 saturated carbocycles. The Morgan fingerprint density at radius 3 is 2.39 bits per heavy atom. The Morgan fingerprint density at radius 1 is 1.06 bits per heavy atom. The largest absolute Gasteiger partial charge is 0.322 e. The van der Waals surface area contributed by atoms with Gasteiger partial charge >= 0.3 is 0 Å². The van der Waals surface area contributed by atoms with Crippen LogP contribution in [-0.4, -0.2) is 28.8 Å². The van der Waals surface area contributed by atoms with Gasteiger partial charge in [0.1, 0.15) is 0 Å². The molecule has 8 heteroatoms. The van der Waals surface area contributed by atoms with E-state index in [0.29, 0.717) is 21.3 Å². The molecule has 1 aromatic heterocycles. The highest BCUT2D eigenvalue weighted by Gasteiger charge is 2.27. The van der Waals surface area contributed by atoms with Crippen LogP contribution in [-0.2, 0) is 0 Å². The first-order valence-electron chi connectivity index (χ1n) is 10.1. The number of nitrogens with zero attached hydrogens (tertiary/aromatic N) is 2. The van der Waals surface area contributed by atoms with Crippen LogP contribution < -0.4 is 10.6 Å². The van der Waals surface area contributed by atoms with Crippen LogP contribution in [0.5, 0.6) is 0 Å². The number of rotatable bonds is 4. The fourth-order valence-corrected chi connectivity index (χ4v) is 4.43. The summed E-state index contributed by atoms with van der Waals surface area (Å²) >= 11 is 12.2. The van der Waals surface area contributed by atoms with Crippen molar-refractivity contribution in [3.63, 3.8) is 0 Å². The zero-order valence-electron chi connectivity index (χ0n) is 17.4. The molecule has 0 radical (unpaired) electrons. The Labute approximate surface area is 198 Å². The van der Waals surface area contributed by atoms with Gasteiger partial charge in [-0.2, -0.15) is 5.10 Å². The van der Waals surface area contributed by atoms with Crippen LogP contribution in [0.15, 0.2) is 42.6 Å². The Balaban J connectivity index is 0.00000272. The van der Waals surface area contributed by atoms with E-state index < -0.39 is 0 Å². The minimum Gasteiger partial charge on any atom is -0.322 e. The van der Waals surface area contributed by atoms with Gasteiger partial charge in [-0.05, 0) is 81.2 Å². The van der Waals surface area contributed by atoms with Crippen LogP contribution in [0.4, 0.5) is 5.69 Å². The van der Waals surface area contributed by atoms with E-state index >= 15 is 0 Å². The average molecular weight is 480 g/mol. The summed E-state index contributed by atoms with van der Waals surface area (Å²) in [7, 11) is 0. The van der Waals surface area contributed by atoms with E-state index in [4.69, 9.17) is 23.2 Å². The van der Waals surface area contributed by atoms with Crippen LogP contribution in [0, 0.1) is 13.8 Å². The lowest BCUT2D eigenvalue weighted by Gasteiger charge is -2.25. The zero-order valence-corrected chi connectivity index (χ0v) is 19.7. The van der Waals surface area contributed by atoms with Crippen LogP contribution >= 0.6 is 35.6 Å². The maximum absolute atomic E-state index is 13.2. The maximum Gasteiger partial charge on any atom is 0.259 e. The van der Waals surface area contributed by atoms with Gasteiger partial charge in [-0.15, -0.1) is 12.4 Å². The number of piperidine rings is 1. The van der Waals surface area contributed by atoms with Gasteiger partial charge < -0.3 is 10.6 Å². The second-order valence-corrected chi connectivity index (χ2v) is 8.63. The van der Waals surface area contributed by atoms with Gasteiger partial charge in [0, 0.05) is 21.7 Å². The summed E-state index contributed by atoms with van der Waals surface area (Å²) in [5.74, 6) is 0.0380. The number of nitrogens with one attached hydrogen (secondary N) is 2. The molecule has 31 heavy (non-hydrogen) atoms. The van der Waals surface area contributed by atoms with Gasteiger partial charge in [-0.1, -0.05) is 29.3 Å². The Hall–Kier alpha value is -2.05. The molecular weight excluding hydrogens is 455 g/mol. The van der Waals surface area contributed by atoms with Crippen LogP contribution in [0.2, 0.25) is 10.0 Å². The van der Waals surface area contributed by atoms with Crippen molar-refractivity contribution in [2.24, 2.45) is 0 Å². The van der Waals surface area contributed by atoms with Gasteiger partial charge in [0.2, 0.25) is 0 Å². The molecule has 0 aliphatic carbocycles. The number of hydrogen-bond donors (Lipinski definition) is 2. The van der Waals surface area contributed by atoms with Crippen molar-refractivity contribution in [1.29, 1.82) is 0 Å². The molecule has 0 unspecified atom stereocenters. The molecule has 1 amide bonds. The van der Waals surface area contributed by atoms with Crippen LogP contribution in [0.1, 0.15) is 45.9 Å². The van der Waals surface area contributed by atoms with Crippen molar-refractivity contribution < 1.29 is 4.79 Å². The molecule has 2 aromatic carbocycles. The molecular formula is C23H25Cl3N4O. The molecule has 164 valence electrons. The Morgan fingerprint density at radius 2 is 1.74 bits per heavy atom. The number of anilines is 1. The number of aryl methyl sites for hydroxylation is 2. The maximum atomic E-state index is 13.2. The molecule has 2 N–H and O–H groups in total. The van der Waals surface area contributed by atoms with Crippen molar-refractivity contribution >= 4 is 47.2 Å². The van der Waals surface area contributed by atoms with Gasteiger partial charge in [-0.25, -0.2) is 4.68 Å². The van der Waals surface area contributed by atoms with E-state index in [0.717, 1.165) is 37.3 Å². The standard InChI is InChI=1S/C23H24Cl2N4O.ClH/c1-14-3-4-20(9-15(14)2)29-22(16-5-7-26-8-6-16)21(13-27-29)23(30)28-19-11-17(24)10-18(25)12-19;/h3-4,9-13,16,26H,5-8H2,1-2H3,(H,28,30);1H. The second kappa shape index (κ2) is 10.0. The lowest BCUT2D eigenvalue weighted by molar-refractivity contribution is 0.102. The number of aromatic nitrogens is 2. The van der Waals surface area contributed by atoms with Crippen molar-refractivity contribution in [3.8, 4) is 5.69 Å². The average Bonchev–Trinajstić information content (AvgIpc) is 3.15. The van der Waals surface area contributed by atoms with Crippen LogP contribution in [0.3, 0.4) is 0 Å². The highest BCUT2D eigenvalue weighted by molar-refractivity contribution is 6.35. The fourth-order valence-electron chi connectivity index (χ4n) is 3.91. The van der Waals surface area contributed by atoms with Crippen LogP contribution in [0.25, 0.3) is 5.69 Å². The summed E-state index contributed by atoms with van der Waals surface area (Å²) in [4.78, 5) is 13.2. The van der Waals surface area contributed by atoms with Crippen molar-refractivity contribution in [2.45, 2.75) is 32.6 Å². The molecule has 1 fully saturated rings. The normalized spacial score (nSPS) is 14.2. The minimum absolute atomic E-state index is 0. The number of hydrogen-bond acceptors (Lipinski definition) is 3. The molecule has 0 atom stereocenters. The predicted octanol–water partition coefficient (Wildman–Crippen LogP) is 5.94. The molecule has 5 nitrogen and oxygen atoms in total. The number of benzene rings is 2. The first-order valence-corrected chi connectivity index (χ1v) is 10.8. The van der Waals surface area contributed by atoms with Crippen molar-refractivity contribution in [2.75, 3.05) is 18.4 Å². The number of carbonyl (C=O) groups is 1. The summed E-state index contributed by atoms with van der Waals surface area (Å²) in [6.45, 7) is 6.02. The van der Waals surface area contributed by atoms with E-state index in [-0.39, 0.29) is 24.2 Å². The van der Waals surface area contributed by atoms with Crippen molar-refractivity contribution in [1.82, 2.24) is 15.1 Å². The van der Waals surface area contributed by atoms with E-state index in [2.05, 4.69) is 47.8 Å². The summed E-state index contributed by atoms with van der Waals surface area (Å²) in [5.41, 5.74) is 5.48. The summed E-state index contributed by atoms with van der Waals surface area (Å²) in [6, 6.07) is 11.3. The summed E-state index contributed by atoms with van der Waals surface area (Å²) in [5, 5.41) is 11.9. The monoisotopic (exact) mass is 478 g/mol. The smallest absolute Gasteiger partial charge is 0.259 e. The molecule has 0 spiro atoms. The lowest BCUT2D eigenvalue weighted by atomic mass is 9.91. The van der Waals surface area contributed by atoms with E-state index in [1.165, 1.54) is 11.1 Å². The Kier molecular flexibility index (Phi) is 7.65. The summed E-state index contributed by atoms with van der Waals surface area (Å²) < 4.78 is 1.92. The van der Waals surface area contributed by atoms with Gasteiger partial charge in [0.05, 0.1) is 23.1 Å².